The van der Waals surface area contributed by atoms with Crippen molar-refractivity contribution < 1.29 is 9.90 Å². The van der Waals surface area contributed by atoms with Gasteiger partial charge in [0.2, 0.25) is 0 Å². The Labute approximate surface area is 120 Å². The summed E-state index contributed by atoms with van der Waals surface area (Å²) in [5.41, 5.74) is 2.47. The summed E-state index contributed by atoms with van der Waals surface area (Å²) < 4.78 is 1.55. The first-order chi connectivity index (χ1) is 10.0. The van der Waals surface area contributed by atoms with Crippen molar-refractivity contribution in [2.75, 3.05) is 5.32 Å². The molecule has 0 fully saturated rings. The SMILES string of the molecule is Cc1cc(Nc2cc(C(=O)[O-])ccc2C)n2ncnc2n1. The Morgan fingerprint density at radius 2 is 2.10 bits per heavy atom. The van der Waals surface area contributed by atoms with E-state index in [0.717, 1.165) is 11.3 Å². The number of fused-ring (bicyclic) bond motifs is 1. The number of hydrogen-bond donors (Lipinski definition) is 1. The van der Waals surface area contributed by atoms with E-state index in [2.05, 4.69) is 20.4 Å². The van der Waals surface area contributed by atoms with Crippen LogP contribution in [0.25, 0.3) is 5.78 Å². The summed E-state index contributed by atoms with van der Waals surface area (Å²) in [6, 6.07) is 6.58. The molecule has 0 amide bonds. The maximum Gasteiger partial charge on any atom is 0.254 e. The van der Waals surface area contributed by atoms with Gasteiger partial charge in [0.15, 0.2) is 0 Å². The fraction of sp³-hybridized carbons (Fsp3) is 0.143. The smallest absolute Gasteiger partial charge is 0.254 e. The van der Waals surface area contributed by atoms with Gasteiger partial charge in [0.05, 0.1) is 5.97 Å². The molecule has 1 aromatic carbocycles. The van der Waals surface area contributed by atoms with Crippen LogP contribution in [0.1, 0.15) is 21.6 Å². The molecule has 21 heavy (non-hydrogen) atoms. The molecule has 2 aromatic heterocycles. The largest absolute Gasteiger partial charge is 0.545 e. The fourth-order valence-corrected chi connectivity index (χ4v) is 2.04. The van der Waals surface area contributed by atoms with Crippen LogP contribution < -0.4 is 10.4 Å². The third-order valence-electron chi connectivity index (χ3n) is 3.12. The number of nitrogens with one attached hydrogen (secondary N) is 1. The molecule has 7 nitrogen and oxygen atoms in total. The van der Waals surface area contributed by atoms with Crippen molar-refractivity contribution in [2.24, 2.45) is 0 Å². The Hall–Kier alpha value is -2.96. The lowest BCUT2D eigenvalue weighted by Crippen LogP contribution is -2.22. The quantitative estimate of drug-likeness (QED) is 0.765. The minimum atomic E-state index is -1.21. The van der Waals surface area contributed by atoms with Gasteiger partial charge in [0.25, 0.3) is 5.78 Å². The third-order valence-corrected chi connectivity index (χ3v) is 3.12. The molecular weight excluding hydrogens is 270 g/mol. The van der Waals surface area contributed by atoms with Crippen LogP contribution in [0.3, 0.4) is 0 Å². The second-order valence-electron chi connectivity index (χ2n) is 4.70. The number of carbonyl (C=O) groups is 1. The van der Waals surface area contributed by atoms with E-state index < -0.39 is 5.97 Å². The lowest BCUT2D eigenvalue weighted by Gasteiger charge is -2.13. The summed E-state index contributed by atoms with van der Waals surface area (Å²) in [6.45, 7) is 3.73. The molecule has 7 heteroatoms. The number of anilines is 2. The standard InChI is InChI=1S/C14H13N5O2/c1-8-3-4-10(13(20)21)6-11(8)18-12-5-9(2)17-14-15-7-16-19(12)14/h3-7,18H,1-2H3,(H,20,21)/p-1. The van der Waals surface area contributed by atoms with E-state index in [1.807, 2.05) is 19.9 Å². The zero-order chi connectivity index (χ0) is 15.0. The monoisotopic (exact) mass is 282 g/mol. The second kappa shape index (κ2) is 4.86. The number of rotatable bonds is 3. The molecule has 1 N–H and O–H groups in total. The van der Waals surface area contributed by atoms with E-state index in [4.69, 9.17) is 0 Å². The van der Waals surface area contributed by atoms with Gasteiger partial charge in [-0.2, -0.15) is 14.6 Å². The number of aryl methyl sites for hydroxylation is 2. The highest BCUT2D eigenvalue weighted by atomic mass is 16.4. The van der Waals surface area contributed by atoms with Gasteiger partial charge in [0.1, 0.15) is 12.1 Å². The summed E-state index contributed by atoms with van der Waals surface area (Å²) in [5.74, 6) is -0.0744. The molecule has 3 rings (SSSR count). The van der Waals surface area contributed by atoms with Crippen molar-refractivity contribution in [3.05, 3.63) is 47.4 Å². The predicted octanol–water partition coefficient (Wildman–Crippen LogP) is 0.848. The van der Waals surface area contributed by atoms with Crippen molar-refractivity contribution in [2.45, 2.75) is 13.8 Å². The van der Waals surface area contributed by atoms with Crippen LogP contribution in [0.15, 0.2) is 30.6 Å². The number of carboxylic acids is 1. The van der Waals surface area contributed by atoms with E-state index in [1.54, 1.807) is 10.6 Å². The predicted molar refractivity (Wildman–Crippen MR) is 74.3 cm³/mol. The van der Waals surface area contributed by atoms with Gasteiger partial charge in [-0.1, -0.05) is 12.1 Å². The molecule has 3 aromatic rings. The van der Waals surface area contributed by atoms with Crippen LogP contribution in [0.5, 0.6) is 0 Å². The third kappa shape index (κ3) is 2.40. The van der Waals surface area contributed by atoms with Gasteiger partial charge < -0.3 is 15.2 Å². The van der Waals surface area contributed by atoms with Gasteiger partial charge in [-0.15, -0.1) is 0 Å². The Kier molecular flexibility index (Phi) is 3.02. The summed E-state index contributed by atoms with van der Waals surface area (Å²) >= 11 is 0. The van der Waals surface area contributed by atoms with Crippen LogP contribution in [-0.4, -0.2) is 25.6 Å². The van der Waals surface area contributed by atoms with Crippen LogP contribution in [0.2, 0.25) is 0 Å². The Bertz CT molecular complexity index is 840. The average Bonchev–Trinajstić information content (AvgIpc) is 2.89. The van der Waals surface area contributed by atoms with Crippen LogP contribution in [-0.2, 0) is 0 Å². The molecule has 0 aliphatic heterocycles. The molecule has 0 bridgehead atoms. The Balaban J connectivity index is 2.08. The first-order valence-corrected chi connectivity index (χ1v) is 6.31. The van der Waals surface area contributed by atoms with Crippen molar-refractivity contribution in [1.82, 2.24) is 19.6 Å². The molecular formula is C14H12N5O2-. The first kappa shape index (κ1) is 13.0. The summed E-state index contributed by atoms with van der Waals surface area (Å²) in [4.78, 5) is 19.3. The molecule has 0 unspecified atom stereocenters. The van der Waals surface area contributed by atoms with Crippen LogP contribution >= 0.6 is 0 Å². The molecule has 0 radical (unpaired) electrons. The zero-order valence-electron chi connectivity index (χ0n) is 11.5. The van der Waals surface area contributed by atoms with Crippen LogP contribution in [0.4, 0.5) is 11.5 Å². The van der Waals surface area contributed by atoms with E-state index >= 15 is 0 Å². The van der Waals surface area contributed by atoms with E-state index in [9.17, 15) is 9.90 Å². The molecule has 0 saturated heterocycles. The van der Waals surface area contributed by atoms with Crippen molar-refractivity contribution in [3.63, 3.8) is 0 Å². The van der Waals surface area contributed by atoms with Gasteiger partial charge in [-0.05, 0) is 31.0 Å². The minimum Gasteiger partial charge on any atom is -0.545 e. The topological polar surface area (TPSA) is 95.2 Å². The highest BCUT2D eigenvalue weighted by Gasteiger charge is 2.08. The van der Waals surface area contributed by atoms with E-state index in [1.165, 1.54) is 18.5 Å². The number of carbonyl (C=O) groups excluding carboxylic acids is 1. The number of benzene rings is 1. The molecule has 106 valence electrons. The summed E-state index contributed by atoms with van der Waals surface area (Å²) in [7, 11) is 0. The Morgan fingerprint density at radius 1 is 1.29 bits per heavy atom. The lowest BCUT2D eigenvalue weighted by molar-refractivity contribution is -0.255. The number of hydrogen-bond acceptors (Lipinski definition) is 6. The van der Waals surface area contributed by atoms with Crippen LogP contribution in [0, 0.1) is 13.8 Å². The van der Waals surface area contributed by atoms with Gasteiger partial charge in [-0.25, -0.2) is 4.98 Å². The van der Waals surface area contributed by atoms with E-state index in [0.29, 0.717) is 17.3 Å². The second-order valence-corrected chi connectivity index (χ2v) is 4.70. The summed E-state index contributed by atoms with van der Waals surface area (Å²) in [6.07, 6.45) is 1.41. The lowest BCUT2D eigenvalue weighted by atomic mass is 10.1. The maximum atomic E-state index is 11.0. The van der Waals surface area contributed by atoms with Crippen molar-refractivity contribution in [1.29, 1.82) is 0 Å². The normalized spacial score (nSPS) is 10.8. The molecule has 0 aliphatic carbocycles. The molecule has 2 heterocycles. The van der Waals surface area contributed by atoms with Crippen molar-refractivity contribution in [3.8, 4) is 0 Å². The number of carboxylic acid groups (broad SMARTS) is 1. The highest BCUT2D eigenvalue weighted by Crippen LogP contribution is 2.22. The van der Waals surface area contributed by atoms with Gasteiger partial charge in [-0.3, -0.25) is 0 Å². The maximum absolute atomic E-state index is 11.0. The fourth-order valence-electron chi connectivity index (χ4n) is 2.04. The average molecular weight is 282 g/mol. The minimum absolute atomic E-state index is 0.115. The summed E-state index contributed by atoms with van der Waals surface area (Å²) in [5, 5.41) is 18.2. The highest BCUT2D eigenvalue weighted by molar-refractivity contribution is 5.87. The Morgan fingerprint density at radius 3 is 2.86 bits per heavy atom. The van der Waals surface area contributed by atoms with Gasteiger partial charge >= 0.3 is 0 Å². The molecule has 0 spiro atoms. The number of nitrogens with zero attached hydrogens (tertiary/aromatic N) is 4. The van der Waals surface area contributed by atoms with Crippen molar-refractivity contribution >= 4 is 23.3 Å². The molecule has 0 atom stereocenters. The molecule has 0 aliphatic rings. The number of aromatic carboxylic acids is 1. The zero-order valence-corrected chi connectivity index (χ0v) is 11.5. The number of aromatic nitrogens is 4. The molecule has 0 saturated carbocycles. The van der Waals surface area contributed by atoms with E-state index in [-0.39, 0.29) is 5.56 Å². The van der Waals surface area contributed by atoms with Gasteiger partial charge in [0, 0.05) is 17.4 Å². The first-order valence-electron chi connectivity index (χ1n) is 6.31.